The number of hydrogen-bond acceptors (Lipinski definition) is 5. The van der Waals surface area contributed by atoms with Crippen LogP contribution in [0.1, 0.15) is 42.1 Å². The largest absolute Gasteiger partial charge is 0.481 e. The van der Waals surface area contributed by atoms with Crippen LogP contribution in [0.15, 0.2) is 17.2 Å². The van der Waals surface area contributed by atoms with Crippen LogP contribution in [0.4, 0.5) is 0 Å². The van der Waals surface area contributed by atoms with Gasteiger partial charge in [-0.3, -0.25) is 9.59 Å². The Labute approximate surface area is 131 Å². The molecule has 122 valence electrons. The molecule has 0 amide bonds. The van der Waals surface area contributed by atoms with E-state index in [0.717, 1.165) is 12.8 Å². The highest BCUT2D eigenvalue weighted by Crippen LogP contribution is 2.34. The molecule has 2 heterocycles. The van der Waals surface area contributed by atoms with Crippen molar-refractivity contribution in [1.29, 1.82) is 0 Å². The smallest absolute Gasteiger partial charge is 0.341 e. The van der Waals surface area contributed by atoms with Gasteiger partial charge < -0.3 is 14.4 Å². The summed E-state index contributed by atoms with van der Waals surface area (Å²) < 4.78 is 6.50. The van der Waals surface area contributed by atoms with Crippen LogP contribution in [-0.4, -0.2) is 38.9 Å². The number of aromatic amines is 1. The van der Waals surface area contributed by atoms with Gasteiger partial charge in [0.2, 0.25) is 0 Å². The van der Waals surface area contributed by atoms with Crippen molar-refractivity contribution in [2.24, 2.45) is 5.92 Å². The molecule has 0 spiro atoms. The highest BCUT2D eigenvalue weighted by Gasteiger charge is 2.30. The fourth-order valence-electron chi connectivity index (χ4n) is 3.19. The zero-order valence-corrected chi connectivity index (χ0v) is 12.6. The summed E-state index contributed by atoms with van der Waals surface area (Å²) in [5.74, 6) is -1.80. The maximum Gasteiger partial charge on any atom is 0.341 e. The molecule has 2 atom stereocenters. The lowest BCUT2D eigenvalue weighted by Crippen LogP contribution is -2.25. The maximum absolute atomic E-state index is 12.0. The first-order chi connectivity index (χ1) is 11.0. The standard InChI is InChI=1S/C15H17N3O5/c1-23-15(22)11-7-18(6-10-12(11)16-17-13(10)19)9-4-2-3-8(5-9)14(20)21/h6-9H,2-5H2,1H3,(H,17,19)(H,20,21)/t8-,9-/m0/s1. The van der Waals surface area contributed by atoms with Gasteiger partial charge in [-0.05, 0) is 19.3 Å². The van der Waals surface area contributed by atoms with Crippen molar-refractivity contribution in [3.05, 3.63) is 28.3 Å². The van der Waals surface area contributed by atoms with Crippen molar-refractivity contribution in [2.75, 3.05) is 7.11 Å². The molecular formula is C15H17N3O5. The van der Waals surface area contributed by atoms with Crippen LogP contribution in [-0.2, 0) is 9.53 Å². The van der Waals surface area contributed by atoms with Crippen LogP contribution in [0, 0.1) is 5.92 Å². The van der Waals surface area contributed by atoms with Gasteiger partial charge in [-0.1, -0.05) is 6.42 Å². The van der Waals surface area contributed by atoms with Crippen molar-refractivity contribution in [3.8, 4) is 11.3 Å². The molecule has 0 unspecified atom stereocenters. The Balaban J connectivity index is 2.05. The van der Waals surface area contributed by atoms with Crippen molar-refractivity contribution < 1.29 is 19.4 Å². The first kappa shape index (κ1) is 15.3. The SMILES string of the molecule is COC(=O)c1cn([C@H]2CCC[C@H](C(=O)O)C2)cc2c(=O)[nH]nc1-2. The minimum Gasteiger partial charge on any atom is -0.481 e. The average Bonchev–Trinajstić information content (AvgIpc) is 2.94. The van der Waals surface area contributed by atoms with Crippen LogP contribution >= 0.6 is 0 Å². The van der Waals surface area contributed by atoms with Crippen LogP contribution in [0.25, 0.3) is 11.3 Å². The molecule has 0 aromatic carbocycles. The molecule has 0 saturated heterocycles. The Bertz CT molecular complexity index is 778. The number of carboxylic acids is 1. The molecule has 3 rings (SSSR count). The molecule has 1 aliphatic carbocycles. The average molecular weight is 319 g/mol. The summed E-state index contributed by atoms with van der Waals surface area (Å²) in [6.45, 7) is 0. The number of H-pyrrole nitrogens is 1. The highest BCUT2D eigenvalue weighted by molar-refractivity contribution is 5.95. The van der Waals surface area contributed by atoms with E-state index in [-0.39, 0.29) is 22.9 Å². The molecule has 2 aliphatic heterocycles. The van der Waals surface area contributed by atoms with Gasteiger partial charge in [0, 0.05) is 18.4 Å². The van der Waals surface area contributed by atoms with E-state index in [1.54, 1.807) is 17.0 Å². The number of nitrogens with zero attached hydrogens (tertiary/aromatic N) is 2. The second kappa shape index (κ2) is 5.86. The van der Waals surface area contributed by atoms with E-state index < -0.39 is 17.9 Å². The molecule has 0 bridgehead atoms. The number of pyridine rings is 1. The normalized spacial score (nSPS) is 21.3. The van der Waals surface area contributed by atoms with Crippen molar-refractivity contribution >= 4 is 11.9 Å². The van der Waals surface area contributed by atoms with Crippen LogP contribution in [0.2, 0.25) is 0 Å². The number of methoxy groups -OCH3 is 1. The third kappa shape index (κ3) is 2.71. The Kier molecular flexibility index (Phi) is 3.89. The first-order valence-electron chi connectivity index (χ1n) is 7.42. The summed E-state index contributed by atoms with van der Waals surface area (Å²) in [6.07, 6.45) is 5.92. The minimum atomic E-state index is -0.808. The number of carbonyl (C=O) groups is 2. The molecule has 3 aliphatic rings. The topological polar surface area (TPSA) is 114 Å². The van der Waals surface area contributed by atoms with Crippen LogP contribution in [0.3, 0.4) is 0 Å². The summed E-state index contributed by atoms with van der Waals surface area (Å²) in [4.78, 5) is 35.1. The Morgan fingerprint density at radius 2 is 2.17 bits per heavy atom. The van der Waals surface area contributed by atoms with Gasteiger partial charge in [0.15, 0.2) is 0 Å². The molecule has 1 fully saturated rings. The quantitative estimate of drug-likeness (QED) is 0.824. The van der Waals surface area contributed by atoms with E-state index >= 15 is 0 Å². The summed E-state index contributed by atoms with van der Waals surface area (Å²) in [6, 6.07) is -0.0769. The number of carboxylic acid groups (broad SMARTS) is 1. The molecule has 2 N–H and O–H groups in total. The van der Waals surface area contributed by atoms with Crippen molar-refractivity contribution in [2.45, 2.75) is 31.7 Å². The summed E-state index contributed by atoms with van der Waals surface area (Å²) >= 11 is 0. The summed E-state index contributed by atoms with van der Waals surface area (Å²) in [7, 11) is 1.26. The van der Waals surface area contributed by atoms with Gasteiger partial charge in [0.05, 0.1) is 18.6 Å². The van der Waals surface area contributed by atoms with Crippen LogP contribution in [0.5, 0.6) is 0 Å². The van der Waals surface area contributed by atoms with Gasteiger partial charge in [0.25, 0.3) is 5.56 Å². The van der Waals surface area contributed by atoms with E-state index in [4.69, 9.17) is 4.74 Å². The number of aliphatic carboxylic acids is 1. The van der Waals surface area contributed by atoms with Gasteiger partial charge >= 0.3 is 11.9 Å². The summed E-state index contributed by atoms with van der Waals surface area (Å²) in [5.41, 5.74) is 0.375. The van der Waals surface area contributed by atoms with Crippen molar-refractivity contribution in [1.82, 2.24) is 14.8 Å². The predicted octanol–water partition coefficient (Wildman–Crippen LogP) is 1.28. The first-order valence-corrected chi connectivity index (χ1v) is 7.42. The Morgan fingerprint density at radius 3 is 2.87 bits per heavy atom. The van der Waals surface area contributed by atoms with Gasteiger partial charge in [-0.15, -0.1) is 0 Å². The predicted molar refractivity (Wildman–Crippen MR) is 79.4 cm³/mol. The zero-order chi connectivity index (χ0) is 16.6. The van der Waals surface area contributed by atoms with E-state index in [2.05, 4.69) is 10.2 Å². The second-order valence-corrected chi connectivity index (χ2v) is 5.78. The zero-order valence-electron chi connectivity index (χ0n) is 12.6. The van der Waals surface area contributed by atoms with E-state index in [1.807, 2.05) is 0 Å². The number of fused-ring (bicyclic) bond motifs is 1. The molecule has 23 heavy (non-hydrogen) atoms. The lowest BCUT2D eigenvalue weighted by Gasteiger charge is -2.29. The number of ether oxygens (including phenoxy) is 1. The fourth-order valence-corrected chi connectivity index (χ4v) is 3.19. The summed E-state index contributed by atoms with van der Waals surface area (Å²) in [5, 5.41) is 15.4. The Hall–Kier alpha value is -2.64. The van der Waals surface area contributed by atoms with E-state index in [9.17, 15) is 19.5 Å². The number of esters is 1. The lowest BCUT2D eigenvalue weighted by atomic mass is 9.85. The molecule has 8 heteroatoms. The highest BCUT2D eigenvalue weighted by atomic mass is 16.5. The number of nitrogens with one attached hydrogen (secondary N) is 1. The third-order valence-corrected chi connectivity index (χ3v) is 4.40. The molecule has 1 saturated carbocycles. The van der Waals surface area contributed by atoms with E-state index in [1.165, 1.54) is 7.11 Å². The molecule has 0 radical (unpaired) electrons. The van der Waals surface area contributed by atoms with Gasteiger partial charge in [-0.2, -0.15) is 5.10 Å². The van der Waals surface area contributed by atoms with Crippen molar-refractivity contribution in [3.63, 3.8) is 0 Å². The van der Waals surface area contributed by atoms with Gasteiger partial charge in [-0.25, -0.2) is 9.89 Å². The number of rotatable bonds is 3. The number of aromatic nitrogens is 3. The lowest BCUT2D eigenvalue weighted by molar-refractivity contribution is -0.143. The fraction of sp³-hybridized carbons (Fsp3) is 0.467. The van der Waals surface area contributed by atoms with Gasteiger partial charge in [0.1, 0.15) is 11.3 Å². The second-order valence-electron chi connectivity index (χ2n) is 5.78. The Morgan fingerprint density at radius 1 is 1.39 bits per heavy atom. The molecule has 8 nitrogen and oxygen atoms in total. The third-order valence-electron chi connectivity index (χ3n) is 4.40. The number of hydrogen-bond donors (Lipinski definition) is 2. The van der Waals surface area contributed by atoms with Crippen LogP contribution < -0.4 is 5.56 Å². The number of carbonyl (C=O) groups excluding carboxylic acids is 1. The molecule has 0 aromatic rings. The molecular weight excluding hydrogens is 302 g/mol. The molecule has 0 aromatic heterocycles. The van der Waals surface area contributed by atoms with E-state index in [0.29, 0.717) is 18.4 Å². The maximum atomic E-state index is 12.0. The monoisotopic (exact) mass is 319 g/mol. The minimum absolute atomic E-state index is 0.0769.